The molecule has 0 saturated heterocycles. The van der Waals surface area contributed by atoms with Gasteiger partial charge in [0.2, 0.25) is 0 Å². The topological polar surface area (TPSA) is 40.5 Å². The number of allylic oxidation sites excluding steroid dienone is 1. The first-order chi connectivity index (χ1) is 6.01. The summed E-state index contributed by atoms with van der Waals surface area (Å²) in [5, 5.41) is 0. The van der Waals surface area contributed by atoms with Gasteiger partial charge in [-0.2, -0.15) is 0 Å². The maximum atomic E-state index is 9.15. The predicted octanol–water partition coefficient (Wildman–Crippen LogP) is 2.27. The lowest BCUT2D eigenvalue weighted by molar-refractivity contribution is 0.324. The van der Waals surface area contributed by atoms with Crippen LogP contribution in [0.4, 0.5) is 0 Å². The Hall–Kier alpha value is 0.310. The summed E-state index contributed by atoms with van der Waals surface area (Å²) in [6.07, 6.45) is 6.83. The minimum absolute atomic E-state index is 0.428. The maximum Gasteiger partial charge on any atom is 0.183 e. The van der Waals surface area contributed by atoms with Crippen molar-refractivity contribution in [2.75, 3.05) is 6.16 Å². The average Bonchev–Trinajstić information content (AvgIpc) is 2.03. The Kier molecular flexibility index (Phi) is 4.11. The second-order valence-electron chi connectivity index (χ2n) is 3.86. The van der Waals surface area contributed by atoms with Crippen LogP contribution in [0.5, 0.6) is 0 Å². The molecule has 0 heterocycles. The summed E-state index contributed by atoms with van der Waals surface area (Å²) in [6, 6.07) is 0. The molecule has 4 heteroatoms. The maximum absolute atomic E-state index is 9.15. The van der Waals surface area contributed by atoms with Crippen molar-refractivity contribution in [1.29, 1.82) is 0 Å². The molecule has 0 radical (unpaired) electrons. The van der Waals surface area contributed by atoms with E-state index in [0.717, 1.165) is 25.7 Å². The molecule has 1 fully saturated rings. The second kappa shape index (κ2) is 4.70. The molecule has 0 aromatic heterocycles. The summed E-state index contributed by atoms with van der Waals surface area (Å²) >= 11 is 4.63. The number of hydrogen-bond donors (Lipinski definition) is 2. The summed E-state index contributed by atoms with van der Waals surface area (Å²) in [4.78, 5) is 18.3. The zero-order valence-corrected chi connectivity index (χ0v) is 9.44. The van der Waals surface area contributed by atoms with Crippen molar-refractivity contribution >= 4 is 18.3 Å². The summed E-state index contributed by atoms with van der Waals surface area (Å²) in [5.74, 6) is 1.06. The molecule has 2 N–H and O–H groups in total. The van der Waals surface area contributed by atoms with Crippen molar-refractivity contribution in [2.24, 2.45) is 11.8 Å². The molecule has 2 nitrogen and oxygen atoms in total. The summed E-state index contributed by atoms with van der Waals surface area (Å²) in [7, 11) is 0. The third-order valence-corrected chi connectivity index (χ3v) is 4.16. The van der Waals surface area contributed by atoms with Gasteiger partial charge >= 0.3 is 0 Å². The lowest BCUT2D eigenvalue weighted by atomic mass is 9.83. The molecule has 0 unspecified atom stereocenters. The van der Waals surface area contributed by atoms with Crippen molar-refractivity contribution in [3.63, 3.8) is 0 Å². The molecular weight excluding hydrogens is 203 g/mol. The molecule has 0 spiro atoms. The number of rotatable bonds is 3. The van der Waals surface area contributed by atoms with Gasteiger partial charge in [-0.25, -0.2) is 0 Å². The highest BCUT2D eigenvalue weighted by Gasteiger charge is 2.23. The number of hydrogen-bond acceptors (Lipinski definition) is 1. The zero-order chi connectivity index (χ0) is 9.90. The van der Waals surface area contributed by atoms with Gasteiger partial charge < -0.3 is 9.79 Å². The van der Waals surface area contributed by atoms with E-state index >= 15 is 0 Å². The van der Waals surface area contributed by atoms with Gasteiger partial charge in [-0.05, 0) is 49.3 Å². The Morgan fingerprint density at radius 3 is 2.23 bits per heavy atom. The van der Waals surface area contributed by atoms with Crippen LogP contribution < -0.4 is 0 Å². The van der Waals surface area contributed by atoms with Gasteiger partial charge in [-0.15, -0.1) is 6.58 Å². The molecule has 76 valence electrons. The summed E-state index contributed by atoms with van der Waals surface area (Å²) in [6.45, 7) is 0.817. The molecule has 0 aliphatic heterocycles. The van der Waals surface area contributed by atoms with Crippen LogP contribution in [0.3, 0.4) is 0 Å². The highest BCUT2D eigenvalue weighted by Crippen LogP contribution is 2.42. The van der Waals surface area contributed by atoms with Crippen LogP contribution in [0, 0.1) is 11.8 Å². The van der Waals surface area contributed by atoms with Crippen molar-refractivity contribution in [1.82, 2.24) is 0 Å². The van der Waals surface area contributed by atoms with E-state index in [1.54, 1.807) is 0 Å². The van der Waals surface area contributed by atoms with Crippen LogP contribution in [0.2, 0.25) is 0 Å². The highest BCUT2D eigenvalue weighted by molar-refractivity contribution is 8.09. The normalized spacial score (nSPS) is 30.0. The van der Waals surface area contributed by atoms with E-state index in [-0.39, 0.29) is 0 Å². The molecule has 13 heavy (non-hydrogen) atoms. The fourth-order valence-corrected chi connectivity index (χ4v) is 3.61. The molecule has 0 bridgehead atoms. The van der Waals surface area contributed by atoms with E-state index in [1.807, 2.05) is 6.08 Å². The van der Waals surface area contributed by atoms with Crippen LogP contribution in [-0.2, 0) is 11.8 Å². The van der Waals surface area contributed by atoms with E-state index < -0.39 is 6.49 Å². The van der Waals surface area contributed by atoms with Gasteiger partial charge in [0.15, 0.2) is 6.49 Å². The molecule has 0 aromatic rings. The molecule has 0 amide bonds. The molecule has 0 atom stereocenters. The predicted molar refractivity (Wildman–Crippen MR) is 59.2 cm³/mol. The van der Waals surface area contributed by atoms with Gasteiger partial charge in [0.1, 0.15) is 0 Å². The first-order valence-corrected chi connectivity index (χ1v) is 7.57. The van der Waals surface area contributed by atoms with Crippen molar-refractivity contribution < 1.29 is 9.79 Å². The Bertz CT molecular complexity index is 216. The van der Waals surface area contributed by atoms with Crippen LogP contribution >= 0.6 is 6.49 Å². The van der Waals surface area contributed by atoms with E-state index in [9.17, 15) is 0 Å². The molecular formula is C9H17O2PS. The van der Waals surface area contributed by atoms with Gasteiger partial charge in [-0.1, -0.05) is 6.08 Å². The van der Waals surface area contributed by atoms with E-state index in [0.29, 0.717) is 18.0 Å². The third-order valence-electron chi connectivity index (χ3n) is 2.72. The van der Waals surface area contributed by atoms with Crippen LogP contribution in [0.15, 0.2) is 12.7 Å². The van der Waals surface area contributed by atoms with Crippen molar-refractivity contribution in [2.45, 2.75) is 25.7 Å². The Labute approximate surface area is 84.8 Å². The van der Waals surface area contributed by atoms with Gasteiger partial charge in [-0.3, -0.25) is 0 Å². The second-order valence-corrected chi connectivity index (χ2v) is 7.31. The summed E-state index contributed by atoms with van der Waals surface area (Å²) in [5.41, 5.74) is 0. The van der Waals surface area contributed by atoms with E-state index in [2.05, 4.69) is 18.4 Å². The van der Waals surface area contributed by atoms with Crippen LogP contribution in [-0.4, -0.2) is 15.9 Å². The van der Waals surface area contributed by atoms with E-state index in [4.69, 9.17) is 9.79 Å². The average molecular weight is 220 g/mol. The minimum atomic E-state index is -2.95. The lowest BCUT2D eigenvalue weighted by Crippen LogP contribution is -2.16. The fraction of sp³-hybridized carbons (Fsp3) is 0.778. The van der Waals surface area contributed by atoms with Crippen molar-refractivity contribution in [3.05, 3.63) is 12.7 Å². The van der Waals surface area contributed by atoms with Gasteiger partial charge in [0.05, 0.1) is 0 Å². The Morgan fingerprint density at radius 1 is 1.31 bits per heavy atom. The third kappa shape index (κ3) is 4.37. The van der Waals surface area contributed by atoms with Crippen molar-refractivity contribution in [3.8, 4) is 0 Å². The Balaban J connectivity index is 2.33. The first-order valence-electron chi connectivity index (χ1n) is 4.68. The van der Waals surface area contributed by atoms with Gasteiger partial charge in [0, 0.05) is 6.16 Å². The molecule has 1 aliphatic carbocycles. The monoisotopic (exact) mass is 220 g/mol. The quantitative estimate of drug-likeness (QED) is 0.566. The molecule has 0 aromatic carbocycles. The molecule has 1 aliphatic rings. The SMILES string of the molecule is C=CC1CCC(CP(O)(O)=S)CC1. The Morgan fingerprint density at radius 2 is 1.85 bits per heavy atom. The zero-order valence-electron chi connectivity index (χ0n) is 7.72. The smallest absolute Gasteiger partial charge is 0.183 e. The molecule has 1 rings (SSSR count). The minimum Gasteiger partial charge on any atom is -0.345 e. The molecule has 1 saturated carbocycles. The van der Waals surface area contributed by atoms with Crippen LogP contribution in [0.1, 0.15) is 25.7 Å². The standard InChI is InChI=1S/C9H17O2PS/c1-2-8-3-5-9(6-4-8)7-12(10,11)13/h2,8-9H,1,3-7H2,(H2,10,11,13). The van der Waals surface area contributed by atoms with Gasteiger partial charge in [0.25, 0.3) is 0 Å². The first kappa shape index (κ1) is 11.4. The fourth-order valence-electron chi connectivity index (χ4n) is 1.94. The lowest BCUT2D eigenvalue weighted by Gasteiger charge is -2.27. The highest BCUT2D eigenvalue weighted by atomic mass is 32.5. The van der Waals surface area contributed by atoms with Crippen LogP contribution in [0.25, 0.3) is 0 Å². The largest absolute Gasteiger partial charge is 0.345 e. The summed E-state index contributed by atoms with van der Waals surface area (Å²) < 4.78 is 0. The van der Waals surface area contributed by atoms with E-state index in [1.165, 1.54) is 0 Å².